The first-order valence-corrected chi connectivity index (χ1v) is 9.29. The first kappa shape index (κ1) is 17.9. The molecule has 0 aliphatic heterocycles. The van der Waals surface area contributed by atoms with Gasteiger partial charge in [0.25, 0.3) is 0 Å². The zero-order chi connectivity index (χ0) is 17.6. The maximum atomic E-state index is 12.9. The van der Waals surface area contributed by atoms with Crippen molar-refractivity contribution in [2.45, 2.75) is 10.1 Å². The zero-order valence-corrected chi connectivity index (χ0v) is 15.5. The van der Waals surface area contributed by atoms with Crippen LogP contribution in [0.2, 0.25) is 10.0 Å². The monoisotopic (exact) mass is 387 g/mol. The number of carbonyl (C=O) groups excluding carboxylic acids is 1. The fraction of sp³-hybridized carbons (Fsp3) is 0.0500. The second-order valence-electron chi connectivity index (χ2n) is 5.37. The molecular formula is C20H15Cl2NOS. The molecule has 0 unspecified atom stereocenters. The highest BCUT2D eigenvalue weighted by molar-refractivity contribution is 8.00. The van der Waals surface area contributed by atoms with Crippen molar-refractivity contribution in [1.82, 2.24) is 0 Å². The summed E-state index contributed by atoms with van der Waals surface area (Å²) in [5.74, 6) is -0.126. The number of benzene rings is 3. The lowest BCUT2D eigenvalue weighted by Gasteiger charge is -2.17. The second kappa shape index (κ2) is 8.43. The van der Waals surface area contributed by atoms with Crippen molar-refractivity contribution in [3.63, 3.8) is 0 Å². The average Bonchev–Trinajstić information content (AvgIpc) is 2.60. The SMILES string of the molecule is O=C(Nc1cc(Cl)cc(Cl)c1)[C@H](Sc1ccccc1)c1ccccc1. The van der Waals surface area contributed by atoms with Crippen LogP contribution in [0.15, 0.2) is 83.8 Å². The molecule has 1 N–H and O–H groups in total. The highest BCUT2D eigenvalue weighted by atomic mass is 35.5. The molecule has 0 fully saturated rings. The Hall–Kier alpha value is -1.94. The molecule has 0 aromatic heterocycles. The first-order chi connectivity index (χ1) is 12.1. The number of amides is 1. The molecule has 3 aromatic carbocycles. The van der Waals surface area contributed by atoms with Crippen molar-refractivity contribution >= 4 is 46.6 Å². The smallest absolute Gasteiger partial charge is 0.242 e. The van der Waals surface area contributed by atoms with Crippen LogP contribution in [0.4, 0.5) is 5.69 Å². The number of nitrogens with one attached hydrogen (secondary N) is 1. The van der Waals surface area contributed by atoms with Crippen LogP contribution in [-0.2, 0) is 4.79 Å². The summed E-state index contributed by atoms with van der Waals surface area (Å²) >= 11 is 13.5. The van der Waals surface area contributed by atoms with Crippen LogP contribution >= 0.6 is 35.0 Å². The van der Waals surface area contributed by atoms with Crippen LogP contribution < -0.4 is 5.32 Å². The van der Waals surface area contributed by atoms with Gasteiger partial charge in [0, 0.05) is 20.6 Å². The van der Waals surface area contributed by atoms with E-state index < -0.39 is 0 Å². The highest BCUT2D eigenvalue weighted by Crippen LogP contribution is 2.36. The van der Waals surface area contributed by atoms with E-state index in [0.717, 1.165) is 10.5 Å². The molecule has 2 nitrogen and oxygen atoms in total. The Balaban J connectivity index is 1.86. The van der Waals surface area contributed by atoms with Gasteiger partial charge in [-0.25, -0.2) is 0 Å². The predicted octanol–water partition coefficient (Wildman–Crippen LogP) is 6.47. The van der Waals surface area contributed by atoms with E-state index in [2.05, 4.69) is 5.32 Å². The molecule has 0 spiro atoms. The standard InChI is InChI=1S/C20H15Cl2NOS/c21-15-11-16(22)13-17(12-15)23-20(24)19(14-7-3-1-4-8-14)25-18-9-5-2-6-10-18/h1-13,19H,(H,23,24)/t19-/m1/s1. The summed E-state index contributed by atoms with van der Waals surface area (Å²) in [5.41, 5.74) is 1.51. The molecule has 3 aromatic rings. The number of thioether (sulfide) groups is 1. The van der Waals surface area contributed by atoms with E-state index in [1.54, 1.807) is 18.2 Å². The number of hydrogen-bond acceptors (Lipinski definition) is 2. The van der Waals surface area contributed by atoms with Gasteiger partial charge in [0.15, 0.2) is 0 Å². The molecule has 0 aliphatic carbocycles. The van der Waals surface area contributed by atoms with Crippen LogP contribution in [0.3, 0.4) is 0 Å². The topological polar surface area (TPSA) is 29.1 Å². The molecule has 0 saturated carbocycles. The minimum absolute atomic E-state index is 0.126. The number of hydrogen-bond donors (Lipinski definition) is 1. The minimum Gasteiger partial charge on any atom is -0.325 e. The fourth-order valence-corrected chi connectivity index (χ4v) is 3.94. The van der Waals surface area contributed by atoms with Crippen molar-refractivity contribution in [1.29, 1.82) is 0 Å². The lowest BCUT2D eigenvalue weighted by atomic mass is 10.1. The summed E-state index contributed by atoms with van der Waals surface area (Å²) in [6, 6.07) is 24.5. The Labute approximate surface area is 161 Å². The molecule has 25 heavy (non-hydrogen) atoms. The van der Waals surface area contributed by atoms with Gasteiger partial charge in [-0.15, -0.1) is 11.8 Å². The molecule has 0 aliphatic rings. The Bertz CT molecular complexity index is 836. The first-order valence-electron chi connectivity index (χ1n) is 7.65. The van der Waals surface area contributed by atoms with Crippen LogP contribution in [-0.4, -0.2) is 5.91 Å². The van der Waals surface area contributed by atoms with E-state index in [-0.39, 0.29) is 11.2 Å². The van der Waals surface area contributed by atoms with E-state index in [1.807, 2.05) is 60.7 Å². The van der Waals surface area contributed by atoms with Gasteiger partial charge in [0.1, 0.15) is 5.25 Å². The van der Waals surface area contributed by atoms with Crippen molar-refractivity contribution < 1.29 is 4.79 Å². The van der Waals surface area contributed by atoms with E-state index in [1.165, 1.54) is 11.8 Å². The van der Waals surface area contributed by atoms with Crippen molar-refractivity contribution in [3.05, 3.63) is 94.5 Å². The summed E-state index contributed by atoms with van der Waals surface area (Å²) in [6.07, 6.45) is 0. The van der Waals surface area contributed by atoms with Crippen LogP contribution in [0.25, 0.3) is 0 Å². The van der Waals surface area contributed by atoms with E-state index >= 15 is 0 Å². The number of halogens is 2. The Morgan fingerprint density at radius 1 is 0.840 bits per heavy atom. The number of anilines is 1. The Kier molecular flexibility index (Phi) is 6.03. The molecule has 0 radical (unpaired) electrons. The largest absolute Gasteiger partial charge is 0.325 e. The van der Waals surface area contributed by atoms with Crippen molar-refractivity contribution in [2.24, 2.45) is 0 Å². The molecule has 1 amide bonds. The summed E-state index contributed by atoms with van der Waals surface area (Å²) in [6.45, 7) is 0. The molecule has 0 heterocycles. The normalized spacial score (nSPS) is 11.8. The van der Waals surface area contributed by atoms with Gasteiger partial charge in [-0.05, 0) is 35.9 Å². The summed E-state index contributed by atoms with van der Waals surface area (Å²) in [5, 5.41) is 3.49. The maximum absolute atomic E-state index is 12.9. The van der Waals surface area contributed by atoms with Crippen LogP contribution in [0, 0.1) is 0 Å². The molecule has 0 bridgehead atoms. The molecule has 0 saturated heterocycles. The lowest BCUT2D eigenvalue weighted by molar-refractivity contribution is -0.115. The zero-order valence-electron chi connectivity index (χ0n) is 13.2. The Morgan fingerprint density at radius 3 is 2.00 bits per heavy atom. The van der Waals surface area contributed by atoms with Crippen molar-refractivity contribution in [3.8, 4) is 0 Å². The van der Waals surface area contributed by atoms with E-state index in [9.17, 15) is 4.79 Å². The third-order valence-electron chi connectivity index (χ3n) is 3.47. The molecular weight excluding hydrogens is 373 g/mol. The quantitative estimate of drug-likeness (QED) is 0.508. The lowest BCUT2D eigenvalue weighted by Crippen LogP contribution is -2.19. The van der Waals surface area contributed by atoms with Crippen LogP contribution in [0.5, 0.6) is 0 Å². The summed E-state index contributed by atoms with van der Waals surface area (Å²) in [7, 11) is 0. The van der Waals surface area contributed by atoms with Gasteiger partial charge >= 0.3 is 0 Å². The summed E-state index contributed by atoms with van der Waals surface area (Å²) < 4.78 is 0. The molecule has 5 heteroatoms. The molecule has 1 atom stereocenters. The Morgan fingerprint density at radius 2 is 1.40 bits per heavy atom. The van der Waals surface area contributed by atoms with Crippen molar-refractivity contribution in [2.75, 3.05) is 5.32 Å². The van der Waals surface area contributed by atoms with Gasteiger partial charge in [-0.2, -0.15) is 0 Å². The fourth-order valence-electron chi connectivity index (χ4n) is 2.37. The van der Waals surface area contributed by atoms with Gasteiger partial charge in [0.05, 0.1) is 0 Å². The number of carbonyl (C=O) groups is 1. The second-order valence-corrected chi connectivity index (χ2v) is 7.42. The van der Waals surface area contributed by atoms with Gasteiger partial charge in [0.2, 0.25) is 5.91 Å². The molecule has 3 rings (SSSR count). The van der Waals surface area contributed by atoms with Gasteiger partial charge < -0.3 is 5.32 Å². The van der Waals surface area contributed by atoms with E-state index in [0.29, 0.717) is 15.7 Å². The third kappa shape index (κ3) is 5.02. The maximum Gasteiger partial charge on any atom is 0.242 e. The third-order valence-corrected chi connectivity index (χ3v) is 5.17. The van der Waals surface area contributed by atoms with E-state index in [4.69, 9.17) is 23.2 Å². The van der Waals surface area contributed by atoms with Gasteiger partial charge in [-0.1, -0.05) is 71.7 Å². The number of rotatable bonds is 5. The average molecular weight is 388 g/mol. The minimum atomic E-state index is -0.388. The predicted molar refractivity (Wildman–Crippen MR) is 107 cm³/mol. The summed E-state index contributed by atoms with van der Waals surface area (Å²) in [4.78, 5) is 13.9. The highest BCUT2D eigenvalue weighted by Gasteiger charge is 2.22. The molecule has 126 valence electrons. The van der Waals surface area contributed by atoms with Gasteiger partial charge in [-0.3, -0.25) is 4.79 Å². The van der Waals surface area contributed by atoms with Crippen LogP contribution in [0.1, 0.15) is 10.8 Å².